The maximum atomic E-state index is 9.35. The summed E-state index contributed by atoms with van der Waals surface area (Å²) in [5.41, 5.74) is 3.30. The van der Waals surface area contributed by atoms with Crippen molar-refractivity contribution < 1.29 is 9.47 Å². The Morgan fingerprint density at radius 1 is 1.19 bits per heavy atom. The minimum absolute atomic E-state index is 0.530. The first-order chi connectivity index (χ1) is 15.2. The van der Waals surface area contributed by atoms with Gasteiger partial charge in [-0.25, -0.2) is 15.0 Å². The fourth-order valence-corrected chi connectivity index (χ4v) is 4.53. The highest BCUT2D eigenvalue weighted by atomic mass is 32.2. The van der Waals surface area contributed by atoms with Crippen molar-refractivity contribution in [2.45, 2.75) is 37.7 Å². The molecule has 1 aliphatic rings. The first kappa shape index (κ1) is 21.4. The number of methoxy groups -OCH3 is 1. The van der Waals surface area contributed by atoms with Crippen LogP contribution in [0.15, 0.2) is 23.4 Å². The van der Waals surface area contributed by atoms with E-state index in [1.807, 2.05) is 18.2 Å². The average Bonchev–Trinajstić information content (AvgIpc) is 3.20. The van der Waals surface area contributed by atoms with Crippen molar-refractivity contribution in [1.82, 2.24) is 19.5 Å². The van der Waals surface area contributed by atoms with Gasteiger partial charge in [-0.15, -0.1) is 0 Å². The van der Waals surface area contributed by atoms with Gasteiger partial charge in [-0.1, -0.05) is 24.8 Å². The predicted molar refractivity (Wildman–Crippen MR) is 121 cm³/mol. The van der Waals surface area contributed by atoms with E-state index in [1.54, 1.807) is 18.9 Å². The summed E-state index contributed by atoms with van der Waals surface area (Å²) in [6.45, 7) is 8.00. The molecule has 1 fully saturated rings. The summed E-state index contributed by atoms with van der Waals surface area (Å²) in [6.07, 6.45) is 0.845. The Bertz CT molecular complexity index is 1120. The van der Waals surface area contributed by atoms with Gasteiger partial charge in [0.1, 0.15) is 17.6 Å². The third kappa shape index (κ3) is 4.31. The minimum atomic E-state index is 0.530. The van der Waals surface area contributed by atoms with Gasteiger partial charge in [0.15, 0.2) is 22.1 Å². The van der Waals surface area contributed by atoms with Crippen LogP contribution in [0, 0.1) is 11.3 Å². The van der Waals surface area contributed by atoms with Crippen molar-refractivity contribution in [2.24, 2.45) is 0 Å². The number of thioether (sulfide) groups is 1. The number of nitrogens with zero attached hydrogens (tertiary/aromatic N) is 6. The van der Waals surface area contributed by atoms with Crippen LogP contribution in [-0.2, 0) is 23.5 Å². The number of aryl methyl sites for hydroxylation is 2. The van der Waals surface area contributed by atoms with E-state index in [1.165, 1.54) is 0 Å². The molecule has 0 aliphatic carbocycles. The number of aromatic nitrogens is 4. The molecular formula is C22H26N6O2S. The zero-order valence-corrected chi connectivity index (χ0v) is 18.9. The van der Waals surface area contributed by atoms with Gasteiger partial charge in [-0.2, -0.15) is 5.26 Å². The highest BCUT2D eigenvalue weighted by Gasteiger charge is 2.22. The summed E-state index contributed by atoms with van der Waals surface area (Å²) < 4.78 is 12.9. The number of rotatable bonds is 7. The highest BCUT2D eigenvalue weighted by Crippen LogP contribution is 2.30. The van der Waals surface area contributed by atoms with E-state index in [9.17, 15) is 5.26 Å². The Morgan fingerprint density at radius 3 is 2.68 bits per heavy atom. The van der Waals surface area contributed by atoms with Gasteiger partial charge in [0.05, 0.1) is 25.9 Å². The molecule has 4 rings (SSSR count). The van der Waals surface area contributed by atoms with Crippen LogP contribution in [0.5, 0.6) is 5.75 Å². The number of anilines is 1. The van der Waals surface area contributed by atoms with E-state index in [-0.39, 0.29) is 0 Å². The minimum Gasteiger partial charge on any atom is -0.495 e. The van der Waals surface area contributed by atoms with Crippen LogP contribution in [0.1, 0.15) is 30.8 Å². The molecule has 9 heteroatoms. The average molecular weight is 439 g/mol. The van der Waals surface area contributed by atoms with Gasteiger partial charge in [0.25, 0.3) is 0 Å². The SMILES string of the molecule is CCc1nc2c(N3CCOCC3)nc(SCc3ccc(OC)c(C#N)c3)nc2n1CC. The summed E-state index contributed by atoms with van der Waals surface area (Å²) in [6, 6.07) is 7.85. The largest absolute Gasteiger partial charge is 0.495 e. The maximum Gasteiger partial charge on any atom is 0.191 e. The molecule has 2 aromatic heterocycles. The molecule has 0 N–H and O–H groups in total. The van der Waals surface area contributed by atoms with Crippen LogP contribution < -0.4 is 9.64 Å². The quantitative estimate of drug-likeness (QED) is 0.410. The number of ether oxygens (including phenoxy) is 2. The van der Waals surface area contributed by atoms with Crippen LogP contribution in [-0.4, -0.2) is 52.9 Å². The number of hydrogen-bond donors (Lipinski definition) is 0. The van der Waals surface area contributed by atoms with Crippen LogP contribution in [0.3, 0.4) is 0 Å². The van der Waals surface area contributed by atoms with Gasteiger partial charge in [0, 0.05) is 31.8 Å². The lowest BCUT2D eigenvalue weighted by Gasteiger charge is -2.28. The lowest BCUT2D eigenvalue weighted by molar-refractivity contribution is 0.122. The molecule has 0 atom stereocenters. The second-order valence-corrected chi connectivity index (χ2v) is 8.10. The highest BCUT2D eigenvalue weighted by molar-refractivity contribution is 7.98. The molecule has 31 heavy (non-hydrogen) atoms. The molecular weight excluding hydrogens is 412 g/mol. The second-order valence-electron chi connectivity index (χ2n) is 7.16. The van der Waals surface area contributed by atoms with Crippen LogP contribution >= 0.6 is 11.8 Å². The van der Waals surface area contributed by atoms with Gasteiger partial charge >= 0.3 is 0 Å². The van der Waals surface area contributed by atoms with Crippen molar-refractivity contribution in [3.05, 3.63) is 35.2 Å². The standard InChI is InChI=1S/C22H26N6O2S/c1-4-18-24-19-20(27-8-10-30-11-9-27)25-22(26-21(19)28(18)5-2)31-14-15-6-7-17(29-3)16(12-15)13-23/h6-7,12H,4-5,8-11,14H2,1-3H3. The topological polar surface area (TPSA) is 89.1 Å². The summed E-state index contributed by atoms with van der Waals surface area (Å²) in [5.74, 6) is 3.15. The molecule has 1 aromatic carbocycles. The molecule has 8 nitrogen and oxygen atoms in total. The normalized spacial score (nSPS) is 14.1. The molecule has 0 unspecified atom stereocenters. The zero-order chi connectivity index (χ0) is 21.8. The van der Waals surface area contributed by atoms with Gasteiger partial charge in [-0.05, 0) is 24.6 Å². The molecule has 0 spiro atoms. The van der Waals surface area contributed by atoms with Crippen LogP contribution in [0.25, 0.3) is 11.2 Å². The van der Waals surface area contributed by atoms with E-state index in [2.05, 4.69) is 29.4 Å². The zero-order valence-electron chi connectivity index (χ0n) is 18.1. The van der Waals surface area contributed by atoms with E-state index >= 15 is 0 Å². The molecule has 0 saturated carbocycles. The van der Waals surface area contributed by atoms with Crippen LogP contribution in [0.2, 0.25) is 0 Å². The second kappa shape index (κ2) is 9.54. The number of morpholine rings is 1. The van der Waals surface area contributed by atoms with E-state index in [0.29, 0.717) is 35.4 Å². The number of fused-ring (bicyclic) bond motifs is 1. The lowest BCUT2D eigenvalue weighted by Crippen LogP contribution is -2.37. The lowest BCUT2D eigenvalue weighted by atomic mass is 10.1. The Balaban J connectivity index is 1.69. The van der Waals surface area contributed by atoms with Crippen molar-refractivity contribution >= 4 is 28.7 Å². The molecule has 162 valence electrons. The molecule has 3 aromatic rings. The third-order valence-electron chi connectivity index (χ3n) is 5.33. The van der Waals surface area contributed by atoms with E-state index < -0.39 is 0 Å². The van der Waals surface area contributed by atoms with Crippen molar-refractivity contribution in [3.8, 4) is 11.8 Å². The molecule has 0 bridgehead atoms. The molecule has 0 amide bonds. The van der Waals surface area contributed by atoms with Crippen LogP contribution in [0.4, 0.5) is 5.82 Å². The maximum absolute atomic E-state index is 9.35. The summed E-state index contributed by atoms with van der Waals surface area (Å²) in [4.78, 5) is 16.9. The first-order valence-electron chi connectivity index (χ1n) is 10.5. The molecule has 1 saturated heterocycles. The van der Waals surface area contributed by atoms with E-state index in [4.69, 9.17) is 24.4 Å². The smallest absolute Gasteiger partial charge is 0.191 e. The molecule has 3 heterocycles. The Hall–Kier alpha value is -2.83. The van der Waals surface area contributed by atoms with Gasteiger partial charge in [0.2, 0.25) is 0 Å². The Labute approximate surface area is 186 Å². The predicted octanol–water partition coefficient (Wildman–Crippen LogP) is 3.42. The summed E-state index contributed by atoms with van der Waals surface area (Å²) in [5, 5.41) is 10.1. The van der Waals surface area contributed by atoms with Gasteiger partial charge < -0.3 is 18.9 Å². The van der Waals surface area contributed by atoms with Crippen molar-refractivity contribution in [3.63, 3.8) is 0 Å². The van der Waals surface area contributed by atoms with E-state index in [0.717, 1.165) is 54.4 Å². The first-order valence-corrected chi connectivity index (χ1v) is 11.5. The summed E-state index contributed by atoms with van der Waals surface area (Å²) in [7, 11) is 1.57. The number of hydrogen-bond acceptors (Lipinski definition) is 8. The summed E-state index contributed by atoms with van der Waals surface area (Å²) >= 11 is 1.56. The molecule has 0 radical (unpaired) electrons. The van der Waals surface area contributed by atoms with Crippen molar-refractivity contribution in [1.29, 1.82) is 5.26 Å². The fraction of sp³-hybridized carbons (Fsp3) is 0.455. The Morgan fingerprint density at radius 2 is 2.00 bits per heavy atom. The fourth-order valence-electron chi connectivity index (χ4n) is 3.75. The monoisotopic (exact) mass is 438 g/mol. The van der Waals surface area contributed by atoms with Gasteiger partial charge in [-0.3, -0.25) is 0 Å². The number of benzene rings is 1. The third-order valence-corrected chi connectivity index (χ3v) is 6.25. The van der Waals surface area contributed by atoms with Crippen molar-refractivity contribution in [2.75, 3.05) is 38.3 Å². The molecule has 1 aliphatic heterocycles. The number of imidazole rings is 1. The number of nitriles is 1. The Kier molecular flexibility index (Phi) is 6.59.